The van der Waals surface area contributed by atoms with Crippen LogP contribution in [-0.4, -0.2) is 20.8 Å². The van der Waals surface area contributed by atoms with E-state index in [9.17, 15) is 0 Å². The van der Waals surface area contributed by atoms with Gasteiger partial charge in [-0.3, -0.25) is 0 Å². The van der Waals surface area contributed by atoms with Gasteiger partial charge in [0.05, 0.1) is 6.04 Å². The number of hydrogen-bond donors (Lipinski definition) is 1. The zero-order chi connectivity index (χ0) is 18.0. The van der Waals surface area contributed by atoms with E-state index in [2.05, 4.69) is 42.4 Å². The number of fused-ring (bicyclic) bond motifs is 1. The lowest BCUT2D eigenvalue weighted by Gasteiger charge is -2.24. The number of nitrogens with zero attached hydrogens (tertiary/aromatic N) is 3. The van der Waals surface area contributed by atoms with Crippen molar-refractivity contribution in [1.29, 1.82) is 0 Å². The molecule has 1 aromatic carbocycles. The zero-order valence-electron chi connectivity index (χ0n) is 14.5. The van der Waals surface area contributed by atoms with E-state index in [1.165, 1.54) is 0 Å². The summed E-state index contributed by atoms with van der Waals surface area (Å²) in [5.41, 5.74) is 4.09. The molecule has 25 heavy (non-hydrogen) atoms. The third kappa shape index (κ3) is 3.17. The fourth-order valence-corrected chi connectivity index (χ4v) is 3.37. The van der Waals surface area contributed by atoms with Crippen molar-refractivity contribution in [3.63, 3.8) is 0 Å². The highest BCUT2D eigenvalue weighted by molar-refractivity contribution is 6.46. The number of halogens is 1. The molecule has 2 aromatic rings. The highest BCUT2D eigenvalue weighted by Crippen LogP contribution is 2.32. The maximum Gasteiger partial charge on any atom is 0.227 e. The lowest BCUT2D eigenvalue weighted by molar-refractivity contribution is 0.782. The molecule has 0 spiro atoms. The van der Waals surface area contributed by atoms with Crippen LogP contribution in [0.1, 0.15) is 25.8 Å². The molecule has 0 aliphatic carbocycles. The molecule has 0 fully saturated rings. The average Bonchev–Trinajstić information content (AvgIpc) is 3.04. The van der Waals surface area contributed by atoms with Gasteiger partial charge in [0, 0.05) is 5.56 Å². The van der Waals surface area contributed by atoms with Crippen molar-refractivity contribution >= 4 is 28.3 Å². The summed E-state index contributed by atoms with van der Waals surface area (Å²) in [7, 11) is 0. The Morgan fingerprint density at radius 3 is 2.88 bits per heavy atom. The van der Waals surface area contributed by atoms with E-state index in [1.54, 1.807) is 10.8 Å². The van der Waals surface area contributed by atoms with Crippen LogP contribution in [0.2, 0.25) is 0 Å². The molecule has 2 heterocycles. The van der Waals surface area contributed by atoms with E-state index in [4.69, 9.17) is 11.6 Å². The van der Waals surface area contributed by atoms with E-state index in [0.717, 1.165) is 28.7 Å². The first-order valence-corrected chi connectivity index (χ1v) is 8.65. The van der Waals surface area contributed by atoms with Gasteiger partial charge in [0.1, 0.15) is 5.16 Å². The summed E-state index contributed by atoms with van der Waals surface area (Å²) in [6.07, 6.45) is 6.35. The number of rotatable bonds is 5. The fourth-order valence-electron chi connectivity index (χ4n) is 2.96. The summed E-state index contributed by atoms with van der Waals surface area (Å²) in [6, 6.07) is 8.19. The lowest BCUT2D eigenvalue weighted by Crippen LogP contribution is -2.26. The Balaban J connectivity index is 2.05. The third-order valence-electron chi connectivity index (χ3n) is 4.28. The number of anilines is 1. The van der Waals surface area contributed by atoms with Gasteiger partial charge < -0.3 is 5.32 Å². The van der Waals surface area contributed by atoms with Crippen LogP contribution in [0.5, 0.6) is 0 Å². The van der Waals surface area contributed by atoms with Crippen LogP contribution < -0.4 is 5.32 Å². The molecule has 5 heteroatoms. The minimum atomic E-state index is 0.149. The van der Waals surface area contributed by atoms with Crippen molar-refractivity contribution < 1.29 is 0 Å². The standard InChI is InChI=1S/C20H21ClN4/c1-5-9-14(6-2)15-10-8-11-16(12-15)19-23-20-22-13(4)17(7-3)18(21)25(20)24-19/h5-6,8-13H,1-2,7H2,3-4H3,(H,22,23,24)/b14-9+. The Morgan fingerprint density at radius 2 is 2.20 bits per heavy atom. The minimum absolute atomic E-state index is 0.149. The predicted octanol–water partition coefficient (Wildman–Crippen LogP) is 5.33. The molecule has 0 bridgehead atoms. The quantitative estimate of drug-likeness (QED) is 0.739. The molecular formula is C20H21ClN4. The van der Waals surface area contributed by atoms with E-state index in [-0.39, 0.29) is 6.04 Å². The molecule has 128 valence electrons. The van der Waals surface area contributed by atoms with Gasteiger partial charge in [0.15, 0.2) is 5.82 Å². The van der Waals surface area contributed by atoms with E-state index in [0.29, 0.717) is 16.9 Å². The van der Waals surface area contributed by atoms with Crippen molar-refractivity contribution in [3.8, 4) is 11.4 Å². The Morgan fingerprint density at radius 1 is 1.40 bits per heavy atom. The monoisotopic (exact) mass is 352 g/mol. The van der Waals surface area contributed by atoms with Crippen LogP contribution in [-0.2, 0) is 0 Å². The number of allylic oxidation sites excluding steroid dienone is 4. The van der Waals surface area contributed by atoms with Crippen LogP contribution in [0.25, 0.3) is 22.1 Å². The Labute approximate surface area is 153 Å². The summed E-state index contributed by atoms with van der Waals surface area (Å²) in [5.74, 6) is 1.30. The SMILES string of the molecule is C=C/C=C(\C=C)c1cccc(-c2nc3n(n2)C(Cl)=C(CC)C(C)N3)c1. The zero-order valence-corrected chi connectivity index (χ0v) is 15.2. The van der Waals surface area contributed by atoms with Gasteiger partial charge >= 0.3 is 0 Å². The predicted molar refractivity (Wildman–Crippen MR) is 106 cm³/mol. The summed E-state index contributed by atoms with van der Waals surface area (Å²) in [5, 5.41) is 8.59. The van der Waals surface area contributed by atoms with Crippen LogP contribution in [0, 0.1) is 0 Å². The van der Waals surface area contributed by atoms with Gasteiger partial charge in [-0.25, -0.2) is 0 Å². The molecule has 0 radical (unpaired) electrons. The van der Waals surface area contributed by atoms with Crippen molar-refractivity contribution in [2.24, 2.45) is 0 Å². The maximum atomic E-state index is 6.52. The molecule has 0 saturated heterocycles. The molecule has 3 rings (SSSR count). The second kappa shape index (κ2) is 7.11. The molecule has 1 N–H and O–H groups in total. The minimum Gasteiger partial charge on any atom is -0.348 e. The first-order valence-electron chi connectivity index (χ1n) is 8.27. The van der Waals surface area contributed by atoms with Crippen molar-refractivity contribution in [2.45, 2.75) is 26.3 Å². The Bertz CT molecular complexity index is 889. The molecule has 0 saturated carbocycles. The molecule has 1 aliphatic rings. The topological polar surface area (TPSA) is 42.7 Å². The van der Waals surface area contributed by atoms with Gasteiger partial charge in [-0.2, -0.15) is 9.67 Å². The molecular weight excluding hydrogens is 332 g/mol. The Kier molecular flexibility index (Phi) is 4.91. The van der Waals surface area contributed by atoms with E-state index >= 15 is 0 Å². The van der Waals surface area contributed by atoms with E-state index < -0.39 is 0 Å². The molecule has 1 aromatic heterocycles. The van der Waals surface area contributed by atoms with Gasteiger partial charge in [0.2, 0.25) is 5.95 Å². The molecule has 4 nitrogen and oxygen atoms in total. The van der Waals surface area contributed by atoms with Crippen molar-refractivity contribution in [1.82, 2.24) is 14.8 Å². The van der Waals surface area contributed by atoms with Gasteiger partial charge in [0.25, 0.3) is 0 Å². The largest absolute Gasteiger partial charge is 0.348 e. The summed E-state index contributed by atoms with van der Waals surface area (Å²) in [4.78, 5) is 4.62. The van der Waals surface area contributed by atoms with E-state index in [1.807, 2.05) is 36.4 Å². The summed E-state index contributed by atoms with van der Waals surface area (Å²) in [6.45, 7) is 11.8. The number of aromatic nitrogens is 3. The lowest BCUT2D eigenvalue weighted by atomic mass is 10.0. The molecule has 1 atom stereocenters. The maximum absolute atomic E-state index is 6.52. The summed E-state index contributed by atoms with van der Waals surface area (Å²) >= 11 is 6.52. The second-order valence-corrected chi connectivity index (χ2v) is 6.21. The van der Waals surface area contributed by atoms with Gasteiger partial charge in [-0.1, -0.05) is 68.1 Å². The van der Waals surface area contributed by atoms with Gasteiger partial charge in [-0.05, 0) is 36.1 Å². The summed E-state index contributed by atoms with van der Waals surface area (Å²) < 4.78 is 1.68. The average molecular weight is 353 g/mol. The normalized spacial score (nSPS) is 17.1. The van der Waals surface area contributed by atoms with Crippen LogP contribution in [0.15, 0.2) is 61.2 Å². The highest BCUT2D eigenvalue weighted by Gasteiger charge is 2.25. The molecule has 1 unspecified atom stereocenters. The first-order chi connectivity index (χ1) is 12.1. The van der Waals surface area contributed by atoms with Crippen molar-refractivity contribution in [2.75, 3.05) is 5.32 Å². The number of nitrogens with one attached hydrogen (secondary N) is 1. The van der Waals surface area contributed by atoms with Crippen LogP contribution in [0.4, 0.5) is 5.95 Å². The molecule has 1 aliphatic heterocycles. The molecule has 0 amide bonds. The second-order valence-electron chi connectivity index (χ2n) is 5.85. The smallest absolute Gasteiger partial charge is 0.227 e. The highest BCUT2D eigenvalue weighted by atomic mass is 35.5. The Hall–Kier alpha value is -2.59. The van der Waals surface area contributed by atoms with Gasteiger partial charge in [-0.15, -0.1) is 5.10 Å². The fraction of sp³-hybridized carbons (Fsp3) is 0.200. The van der Waals surface area contributed by atoms with Crippen LogP contribution in [0.3, 0.4) is 0 Å². The third-order valence-corrected chi connectivity index (χ3v) is 4.68. The number of hydrogen-bond acceptors (Lipinski definition) is 3. The van der Waals surface area contributed by atoms with Crippen LogP contribution >= 0.6 is 11.6 Å². The number of benzene rings is 1. The van der Waals surface area contributed by atoms with Crippen molar-refractivity contribution in [3.05, 3.63) is 66.8 Å². The first kappa shape index (κ1) is 17.2.